The highest BCUT2D eigenvalue weighted by Crippen LogP contribution is 2.15. The van der Waals surface area contributed by atoms with Gasteiger partial charge in [0.05, 0.1) is 6.10 Å². The Morgan fingerprint density at radius 1 is 1.35 bits per heavy atom. The van der Waals surface area contributed by atoms with Crippen molar-refractivity contribution >= 4 is 11.4 Å². The normalized spacial score (nSPS) is 12.2. The van der Waals surface area contributed by atoms with Gasteiger partial charge in [0, 0.05) is 38.4 Å². The smallest absolute Gasteiger partial charge is 0.340 e. The van der Waals surface area contributed by atoms with Crippen LogP contribution in [0.2, 0.25) is 0 Å². The summed E-state index contributed by atoms with van der Waals surface area (Å²) in [5.41, 5.74) is 1.69. The summed E-state index contributed by atoms with van der Waals surface area (Å²) in [6.07, 6.45) is -0.330. The number of aliphatic hydroxyl groups excluding tert-OH is 1. The molecular formula is C13H19N5O2. The lowest BCUT2D eigenvalue weighted by atomic mass is 10.2. The number of aromatic amines is 2. The Hall–Kier alpha value is -2.28. The van der Waals surface area contributed by atoms with E-state index in [4.69, 9.17) is 0 Å². The predicted molar refractivity (Wildman–Crippen MR) is 78.2 cm³/mol. The van der Waals surface area contributed by atoms with E-state index in [2.05, 4.69) is 20.5 Å². The third-order valence-electron chi connectivity index (χ3n) is 2.90. The Balaban J connectivity index is 1.83. The number of hydrogen-bond acceptors (Lipinski definition) is 5. The fourth-order valence-corrected chi connectivity index (χ4v) is 1.81. The summed E-state index contributed by atoms with van der Waals surface area (Å²) in [4.78, 5) is 15.4. The molecule has 7 nitrogen and oxygen atoms in total. The van der Waals surface area contributed by atoms with E-state index >= 15 is 0 Å². The largest absolute Gasteiger partial charge is 0.391 e. The van der Waals surface area contributed by atoms with Crippen molar-refractivity contribution in [1.82, 2.24) is 15.2 Å². The maximum atomic E-state index is 10.9. The maximum Gasteiger partial charge on any atom is 0.340 e. The molecule has 108 valence electrons. The summed E-state index contributed by atoms with van der Waals surface area (Å²) < 4.78 is 0. The van der Waals surface area contributed by atoms with E-state index in [1.54, 1.807) is 0 Å². The highest BCUT2D eigenvalue weighted by Gasteiger charge is 2.08. The third kappa shape index (κ3) is 3.86. The molecule has 1 heterocycles. The molecule has 20 heavy (non-hydrogen) atoms. The Labute approximate surface area is 116 Å². The number of benzene rings is 1. The van der Waals surface area contributed by atoms with E-state index in [-0.39, 0.29) is 5.69 Å². The van der Waals surface area contributed by atoms with E-state index in [0.717, 1.165) is 11.4 Å². The van der Waals surface area contributed by atoms with Crippen LogP contribution in [-0.2, 0) is 6.42 Å². The van der Waals surface area contributed by atoms with Gasteiger partial charge in [0.25, 0.3) is 0 Å². The molecule has 7 heteroatoms. The number of aromatic nitrogens is 3. The van der Waals surface area contributed by atoms with E-state index in [1.165, 1.54) is 0 Å². The molecule has 0 spiro atoms. The molecule has 4 N–H and O–H groups in total. The topological polar surface area (TPSA) is 97.0 Å². The van der Waals surface area contributed by atoms with Crippen LogP contribution < -0.4 is 15.9 Å². The summed E-state index contributed by atoms with van der Waals surface area (Å²) in [5.74, 6) is 0.451. The van der Waals surface area contributed by atoms with Crippen molar-refractivity contribution in [3.05, 3.63) is 40.6 Å². The minimum atomic E-state index is -0.623. The lowest BCUT2D eigenvalue weighted by molar-refractivity contribution is 0.185. The highest BCUT2D eigenvalue weighted by molar-refractivity contribution is 5.54. The Morgan fingerprint density at radius 2 is 2.05 bits per heavy atom. The fraction of sp³-hybridized carbons (Fsp3) is 0.385. The van der Waals surface area contributed by atoms with Gasteiger partial charge >= 0.3 is 5.69 Å². The lowest BCUT2D eigenvalue weighted by Crippen LogP contribution is -2.22. The molecule has 0 aliphatic carbocycles. The monoisotopic (exact) mass is 277 g/mol. The van der Waals surface area contributed by atoms with Crippen LogP contribution in [0.4, 0.5) is 11.4 Å². The van der Waals surface area contributed by atoms with Gasteiger partial charge in [0.15, 0.2) is 0 Å². The van der Waals surface area contributed by atoms with Crippen LogP contribution in [0.15, 0.2) is 29.1 Å². The number of hydrogen-bond donors (Lipinski definition) is 4. The molecule has 0 bridgehead atoms. The summed E-state index contributed by atoms with van der Waals surface area (Å²) in [5, 5.41) is 19.0. The van der Waals surface area contributed by atoms with Gasteiger partial charge < -0.3 is 15.3 Å². The molecule has 0 radical (unpaired) electrons. The van der Waals surface area contributed by atoms with Crippen molar-refractivity contribution in [3.8, 4) is 0 Å². The van der Waals surface area contributed by atoms with Crippen LogP contribution in [0.1, 0.15) is 5.82 Å². The summed E-state index contributed by atoms with van der Waals surface area (Å²) in [6, 6.07) is 7.91. The summed E-state index contributed by atoms with van der Waals surface area (Å²) >= 11 is 0. The molecule has 1 unspecified atom stereocenters. The van der Waals surface area contributed by atoms with Gasteiger partial charge in [-0.15, -0.1) is 0 Å². The van der Waals surface area contributed by atoms with Crippen molar-refractivity contribution in [3.63, 3.8) is 0 Å². The molecule has 2 rings (SSSR count). The first-order valence-electron chi connectivity index (χ1n) is 6.37. The zero-order chi connectivity index (χ0) is 14.5. The van der Waals surface area contributed by atoms with Crippen LogP contribution in [-0.4, -0.2) is 47.0 Å². The molecule has 1 aromatic heterocycles. The number of anilines is 2. The standard InChI is InChI=1S/C13H19N5O2/c1-18(2)10-5-3-9(4-6-10)14-8-11(19)7-12-15-13(20)17-16-12/h3-6,11,14,19H,7-8H2,1-2H3,(H2,15,16,17,20). The van der Waals surface area contributed by atoms with Crippen LogP contribution in [0.25, 0.3) is 0 Å². The first-order valence-corrected chi connectivity index (χ1v) is 6.37. The Kier molecular flexibility index (Phi) is 4.41. The zero-order valence-electron chi connectivity index (χ0n) is 11.6. The lowest BCUT2D eigenvalue weighted by Gasteiger charge is -2.14. The second-order valence-electron chi connectivity index (χ2n) is 4.80. The van der Waals surface area contributed by atoms with Crippen LogP contribution in [0.3, 0.4) is 0 Å². The number of nitrogens with zero attached hydrogens (tertiary/aromatic N) is 2. The van der Waals surface area contributed by atoms with Crippen molar-refractivity contribution in [2.45, 2.75) is 12.5 Å². The predicted octanol–water partition coefficient (Wildman–Crippen LogP) is 0.179. The molecule has 2 aromatic rings. The summed E-state index contributed by atoms with van der Waals surface area (Å²) in [6.45, 7) is 0.385. The van der Waals surface area contributed by atoms with Gasteiger partial charge in [-0.1, -0.05) is 0 Å². The van der Waals surface area contributed by atoms with Crippen LogP contribution >= 0.6 is 0 Å². The quantitative estimate of drug-likeness (QED) is 0.604. The average Bonchev–Trinajstić information content (AvgIpc) is 2.82. The number of aliphatic hydroxyl groups is 1. The molecule has 0 saturated heterocycles. The molecule has 0 amide bonds. The van der Waals surface area contributed by atoms with Crippen molar-refractivity contribution in [1.29, 1.82) is 0 Å². The zero-order valence-corrected chi connectivity index (χ0v) is 11.6. The SMILES string of the molecule is CN(C)c1ccc(NCC(O)Cc2n[nH]c(=O)[nH]2)cc1. The average molecular weight is 277 g/mol. The maximum absolute atomic E-state index is 10.9. The van der Waals surface area contributed by atoms with Crippen LogP contribution in [0, 0.1) is 0 Å². The third-order valence-corrected chi connectivity index (χ3v) is 2.90. The summed E-state index contributed by atoms with van der Waals surface area (Å²) in [7, 11) is 3.97. The first-order chi connectivity index (χ1) is 9.54. The Morgan fingerprint density at radius 3 is 2.60 bits per heavy atom. The number of H-pyrrole nitrogens is 2. The minimum absolute atomic E-state index is 0.293. The molecule has 1 aromatic carbocycles. The minimum Gasteiger partial charge on any atom is -0.391 e. The molecule has 0 saturated carbocycles. The second kappa shape index (κ2) is 6.25. The van der Waals surface area contributed by atoms with Crippen molar-refractivity contribution < 1.29 is 5.11 Å². The number of nitrogens with one attached hydrogen (secondary N) is 3. The van der Waals surface area contributed by atoms with Crippen molar-refractivity contribution in [2.24, 2.45) is 0 Å². The molecule has 0 aliphatic heterocycles. The second-order valence-corrected chi connectivity index (χ2v) is 4.80. The van der Waals surface area contributed by atoms with E-state index in [1.807, 2.05) is 43.3 Å². The van der Waals surface area contributed by atoms with E-state index in [0.29, 0.717) is 18.8 Å². The van der Waals surface area contributed by atoms with Gasteiger partial charge in [-0.05, 0) is 24.3 Å². The van der Waals surface area contributed by atoms with Crippen LogP contribution in [0.5, 0.6) is 0 Å². The fourth-order valence-electron chi connectivity index (χ4n) is 1.81. The van der Waals surface area contributed by atoms with Crippen molar-refractivity contribution in [2.75, 3.05) is 30.9 Å². The molecular weight excluding hydrogens is 258 g/mol. The molecule has 0 fully saturated rings. The Bertz CT molecular complexity index is 587. The van der Waals surface area contributed by atoms with E-state index < -0.39 is 6.10 Å². The first kappa shape index (κ1) is 14.1. The molecule has 0 aliphatic rings. The van der Waals surface area contributed by atoms with Gasteiger partial charge in [0.2, 0.25) is 0 Å². The van der Waals surface area contributed by atoms with Gasteiger partial charge in [-0.3, -0.25) is 4.98 Å². The van der Waals surface area contributed by atoms with Gasteiger partial charge in [0.1, 0.15) is 5.82 Å². The van der Waals surface area contributed by atoms with Gasteiger partial charge in [-0.25, -0.2) is 9.89 Å². The molecule has 1 atom stereocenters. The van der Waals surface area contributed by atoms with E-state index in [9.17, 15) is 9.90 Å². The highest BCUT2D eigenvalue weighted by atomic mass is 16.3. The number of rotatable bonds is 6. The van der Waals surface area contributed by atoms with Gasteiger partial charge in [-0.2, -0.15) is 5.10 Å².